The summed E-state index contributed by atoms with van der Waals surface area (Å²) >= 11 is 1.43. The van der Waals surface area contributed by atoms with Crippen LogP contribution in [0.3, 0.4) is 0 Å². The maximum Gasteiger partial charge on any atom is 0.336 e. The molecule has 1 N–H and O–H groups in total. The Morgan fingerprint density at radius 1 is 1.23 bits per heavy atom. The molecule has 0 spiro atoms. The number of methoxy groups -OCH3 is 1. The molecular weight excluding hydrogens is 296 g/mol. The minimum Gasteiger partial charge on any atom is -0.496 e. The van der Waals surface area contributed by atoms with Crippen LogP contribution in [0.15, 0.2) is 36.9 Å². The van der Waals surface area contributed by atoms with Gasteiger partial charge in [0.25, 0.3) is 0 Å². The Balaban J connectivity index is 2.46. The van der Waals surface area contributed by atoms with Gasteiger partial charge in [-0.2, -0.15) is 0 Å². The van der Waals surface area contributed by atoms with Crippen molar-refractivity contribution in [3.05, 3.63) is 47.4 Å². The molecule has 0 radical (unpaired) electrons. The average molecular weight is 316 g/mol. The summed E-state index contributed by atoms with van der Waals surface area (Å²) in [6, 6.07) is 9.80. The highest BCUT2D eigenvalue weighted by atomic mass is 32.1. The second kappa shape index (κ2) is 5.97. The van der Waals surface area contributed by atoms with Gasteiger partial charge in [0, 0.05) is 15.3 Å². The Labute approximate surface area is 134 Å². The summed E-state index contributed by atoms with van der Waals surface area (Å²) in [5.74, 6) is -0.124. The van der Waals surface area contributed by atoms with Crippen LogP contribution >= 0.6 is 11.3 Å². The average Bonchev–Trinajstić information content (AvgIpc) is 2.94. The summed E-state index contributed by atoms with van der Waals surface area (Å²) in [6.07, 6.45) is 0. The van der Waals surface area contributed by atoms with Gasteiger partial charge in [-0.15, -0.1) is 11.3 Å². The summed E-state index contributed by atoms with van der Waals surface area (Å²) in [5, 5.41) is 9.02. The molecule has 3 nitrogen and oxygen atoms in total. The Morgan fingerprint density at radius 2 is 1.91 bits per heavy atom. The first-order valence-corrected chi connectivity index (χ1v) is 7.77. The molecule has 0 saturated carbocycles. The van der Waals surface area contributed by atoms with Crippen molar-refractivity contribution in [2.75, 3.05) is 7.11 Å². The van der Waals surface area contributed by atoms with Crippen molar-refractivity contribution in [2.45, 2.75) is 26.2 Å². The highest BCUT2D eigenvalue weighted by molar-refractivity contribution is 7.16. The van der Waals surface area contributed by atoms with Crippen molar-refractivity contribution < 1.29 is 14.6 Å². The van der Waals surface area contributed by atoms with Crippen LogP contribution < -0.4 is 4.74 Å². The standard InChI is InChI=1S/C18H20O3S/c1-11(17(19)20)15-8-9-16(22-15)12-6-7-14(21-5)13(10-12)18(2,3)4/h6-10H,1H2,2-5H3,(H,19,20). The predicted octanol–water partition coefficient (Wildman–Crippen LogP) is 4.82. The molecule has 0 unspecified atom stereocenters. The molecule has 4 heteroatoms. The van der Waals surface area contributed by atoms with Crippen LogP contribution in [0, 0.1) is 0 Å². The maximum absolute atomic E-state index is 11.0. The minimum absolute atomic E-state index is 0.0356. The SMILES string of the molecule is C=C(C(=O)O)c1ccc(-c2ccc(OC)c(C(C)(C)C)c2)s1. The van der Waals surface area contributed by atoms with Crippen LogP contribution in [-0.4, -0.2) is 18.2 Å². The summed E-state index contributed by atoms with van der Waals surface area (Å²) in [7, 11) is 1.67. The normalized spacial score (nSPS) is 11.3. The van der Waals surface area contributed by atoms with E-state index in [0.29, 0.717) is 4.88 Å². The lowest BCUT2D eigenvalue weighted by molar-refractivity contribution is -0.130. The van der Waals surface area contributed by atoms with E-state index in [2.05, 4.69) is 33.4 Å². The van der Waals surface area contributed by atoms with Gasteiger partial charge in [0.15, 0.2) is 0 Å². The zero-order chi connectivity index (χ0) is 16.5. The Kier molecular flexibility index (Phi) is 4.42. The number of rotatable bonds is 4. The lowest BCUT2D eigenvalue weighted by Gasteiger charge is -2.22. The number of ether oxygens (including phenoxy) is 1. The van der Waals surface area contributed by atoms with E-state index < -0.39 is 5.97 Å². The number of hydrogen-bond donors (Lipinski definition) is 1. The smallest absolute Gasteiger partial charge is 0.336 e. The first kappa shape index (κ1) is 16.3. The van der Waals surface area contributed by atoms with Crippen LogP contribution in [-0.2, 0) is 10.2 Å². The Morgan fingerprint density at radius 3 is 2.45 bits per heavy atom. The second-order valence-corrected chi connectivity index (χ2v) is 7.20. The molecule has 22 heavy (non-hydrogen) atoms. The first-order valence-electron chi connectivity index (χ1n) is 6.95. The van der Waals surface area contributed by atoms with E-state index in [1.165, 1.54) is 11.3 Å². The fourth-order valence-electron chi connectivity index (χ4n) is 2.21. The van der Waals surface area contributed by atoms with Crippen LogP contribution in [0.2, 0.25) is 0 Å². The van der Waals surface area contributed by atoms with E-state index in [1.54, 1.807) is 13.2 Å². The largest absolute Gasteiger partial charge is 0.496 e. The summed E-state index contributed by atoms with van der Waals surface area (Å²) < 4.78 is 5.45. The summed E-state index contributed by atoms with van der Waals surface area (Å²) in [6.45, 7) is 10.0. The van der Waals surface area contributed by atoms with E-state index in [4.69, 9.17) is 9.84 Å². The van der Waals surface area contributed by atoms with Crippen molar-refractivity contribution in [3.63, 3.8) is 0 Å². The third-order valence-electron chi connectivity index (χ3n) is 3.45. The van der Waals surface area contributed by atoms with Gasteiger partial charge >= 0.3 is 5.97 Å². The van der Waals surface area contributed by atoms with Crippen LogP contribution in [0.4, 0.5) is 0 Å². The number of carboxylic acids is 1. The number of carboxylic acid groups (broad SMARTS) is 1. The van der Waals surface area contributed by atoms with Crippen molar-refractivity contribution in [2.24, 2.45) is 0 Å². The first-order chi connectivity index (χ1) is 10.2. The number of hydrogen-bond acceptors (Lipinski definition) is 3. The molecule has 0 aliphatic carbocycles. The summed E-state index contributed by atoms with van der Waals surface area (Å²) in [5.41, 5.74) is 2.27. The summed E-state index contributed by atoms with van der Waals surface area (Å²) in [4.78, 5) is 12.7. The molecule has 0 atom stereocenters. The van der Waals surface area contributed by atoms with Crippen molar-refractivity contribution >= 4 is 22.9 Å². The van der Waals surface area contributed by atoms with Gasteiger partial charge in [0.1, 0.15) is 5.75 Å². The second-order valence-electron chi connectivity index (χ2n) is 6.11. The van der Waals surface area contributed by atoms with Crippen molar-refractivity contribution in [1.82, 2.24) is 0 Å². The fourth-order valence-corrected chi connectivity index (χ4v) is 3.17. The third kappa shape index (κ3) is 3.22. The number of aliphatic carboxylic acids is 1. The van der Waals surface area contributed by atoms with Crippen molar-refractivity contribution in [1.29, 1.82) is 0 Å². The molecule has 0 aliphatic rings. The number of thiophene rings is 1. The van der Waals surface area contributed by atoms with Crippen LogP contribution in [0.5, 0.6) is 5.75 Å². The van der Waals surface area contributed by atoms with Gasteiger partial charge in [0.05, 0.1) is 12.7 Å². The number of carbonyl (C=O) groups is 1. The molecule has 2 aromatic rings. The van der Waals surface area contributed by atoms with Crippen LogP contribution in [0.25, 0.3) is 16.0 Å². The van der Waals surface area contributed by atoms with Crippen molar-refractivity contribution in [3.8, 4) is 16.2 Å². The van der Waals surface area contributed by atoms with E-state index in [1.807, 2.05) is 18.2 Å². The molecule has 2 rings (SSSR count). The van der Waals surface area contributed by atoms with Crippen LogP contribution in [0.1, 0.15) is 31.2 Å². The van der Waals surface area contributed by atoms with Gasteiger partial charge in [-0.1, -0.05) is 27.4 Å². The molecule has 0 saturated heterocycles. The Bertz CT molecular complexity index is 720. The molecule has 116 valence electrons. The maximum atomic E-state index is 11.0. The molecule has 1 heterocycles. The van der Waals surface area contributed by atoms with Gasteiger partial charge in [-0.25, -0.2) is 4.79 Å². The zero-order valence-corrected chi connectivity index (χ0v) is 14.1. The number of benzene rings is 1. The minimum atomic E-state index is -0.987. The van der Waals surface area contributed by atoms with E-state index in [-0.39, 0.29) is 11.0 Å². The molecule has 0 amide bonds. The molecule has 1 aromatic heterocycles. The fraction of sp³-hybridized carbons (Fsp3) is 0.278. The monoisotopic (exact) mass is 316 g/mol. The topological polar surface area (TPSA) is 46.5 Å². The molecule has 0 aliphatic heterocycles. The lowest BCUT2D eigenvalue weighted by Crippen LogP contribution is -2.12. The van der Waals surface area contributed by atoms with Gasteiger partial charge in [-0.05, 0) is 41.3 Å². The Hall–Kier alpha value is -2.07. The lowest BCUT2D eigenvalue weighted by atomic mass is 9.85. The quantitative estimate of drug-likeness (QED) is 0.823. The van der Waals surface area contributed by atoms with E-state index in [0.717, 1.165) is 21.8 Å². The molecular formula is C18H20O3S. The van der Waals surface area contributed by atoms with Gasteiger partial charge in [0.2, 0.25) is 0 Å². The molecule has 0 bridgehead atoms. The molecule has 1 aromatic carbocycles. The third-order valence-corrected chi connectivity index (χ3v) is 4.65. The van der Waals surface area contributed by atoms with Gasteiger partial charge in [-0.3, -0.25) is 0 Å². The van der Waals surface area contributed by atoms with E-state index >= 15 is 0 Å². The zero-order valence-electron chi connectivity index (χ0n) is 13.3. The predicted molar refractivity (Wildman–Crippen MR) is 91.7 cm³/mol. The van der Waals surface area contributed by atoms with Gasteiger partial charge < -0.3 is 9.84 Å². The molecule has 0 fully saturated rings. The highest BCUT2D eigenvalue weighted by Crippen LogP contribution is 2.37. The van der Waals surface area contributed by atoms with E-state index in [9.17, 15) is 4.79 Å². The highest BCUT2D eigenvalue weighted by Gasteiger charge is 2.20.